The number of hydrogen-bond donors (Lipinski definition) is 1. The summed E-state index contributed by atoms with van der Waals surface area (Å²) in [5.41, 5.74) is -0.234. The van der Waals surface area contributed by atoms with Gasteiger partial charge >= 0.3 is 11.9 Å². The SMILES string of the molecule is COC(=O)c1sc(S(=O)(=O)Nc2ccc(C(=O)[O-])cc2)c(C(=O)OC)c1C. The van der Waals surface area contributed by atoms with Gasteiger partial charge in [-0.1, -0.05) is 12.1 Å². The van der Waals surface area contributed by atoms with Gasteiger partial charge in [-0.05, 0) is 30.2 Å². The number of sulfonamides is 1. The first kappa shape index (κ1) is 20.4. The van der Waals surface area contributed by atoms with Crippen molar-refractivity contribution in [3.8, 4) is 0 Å². The fourth-order valence-electron chi connectivity index (χ4n) is 2.18. The van der Waals surface area contributed by atoms with E-state index in [4.69, 9.17) is 0 Å². The van der Waals surface area contributed by atoms with Crippen LogP contribution in [-0.4, -0.2) is 40.5 Å². The largest absolute Gasteiger partial charge is 0.545 e. The Labute approximate surface area is 158 Å². The predicted octanol–water partition coefficient (Wildman–Crippen LogP) is 0.794. The van der Waals surface area contributed by atoms with Crippen LogP contribution >= 0.6 is 11.3 Å². The van der Waals surface area contributed by atoms with Crippen molar-refractivity contribution >= 4 is 45.0 Å². The van der Waals surface area contributed by atoms with Crippen molar-refractivity contribution in [2.75, 3.05) is 18.9 Å². The zero-order valence-electron chi connectivity index (χ0n) is 14.4. The van der Waals surface area contributed by atoms with Gasteiger partial charge in [-0.2, -0.15) is 0 Å². The molecule has 0 saturated carbocycles. The first-order valence-corrected chi connectivity index (χ1v) is 9.56. The zero-order valence-corrected chi connectivity index (χ0v) is 16.0. The van der Waals surface area contributed by atoms with E-state index >= 15 is 0 Å². The zero-order chi connectivity index (χ0) is 20.4. The number of esters is 2. The molecule has 0 amide bonds. The number of anilines is 1. The summed E-state index contributed by atoms with van der Waals surface area (Å²) in [7, 11) is -2.07. The first-order valence-electron chi connectivity index (χ1n) is 7.26. The molecule has 1 aromatic heterocycles. The van der Waals surface area contributed by atoms with E-state index in [-0.39, 0.29) is 27.3 Å². The second-order valence-electron chi connectivity index (χ2n) is 5.17. The van der Waals surface area contributed by atoms with E-state index in [1.165, 1.54) is 19.1 Å². The lowest BCUT2D eigenvalue weighted by Crippen LogP contribution is -2.22. The van der Waals surface area contributed by atoms with Crippen molar-refractivity contribution in [2.24, 2.45) is 0 Å². The number of nitrogens with one attached hydrogen (secondary N) is 1. The Morgan fingerprint density at radius 1 is 1.04 bits per heavy atom. The van der Waals surface area contributed by atoms with Crippen LogP contribution in [0.5, 0.6) is 0 Å². The van der Waals surface area contributed by atoms with E-state index in [9.17, 15) is 27.9 Å². The average Bonchev–Trinajstić information content (AvgIpc) is 2.98. The van der Waals surface area contributed by atoms with Gasteiger partial charge in [0.25, 0.3) is 10.0 Å². The molecule has 0 atom stereocenters. The second-order valence-corrected chi connectivity index (χ2v) is 8.07. The average molecular weight is 412 g/mol. The number of rotatable bonds is 6. The van der Waals surface area contributed by atoms with E-state index in [1.807, 2.05) is 0 Å². The fraction of sp³-hybridized carbons (Fsp3) is 0.188. The van der Waals surface area contributed by atoms with Crippen LogP contribution in [0.15, 0.2) is 28.5 Å². The van der Waals surface area contributed by atoms with Crippen molar-refractivity contribution in [3.05, 3.63) is 45.8 Å². The number of ether oxygens (including phenoxy) is 2. The van der Waals surface area contributed by atoms with Gasteiger partial charge in [0.15, 0.2) is 4.21 Å². The Hall–Kier alpha value is -2.92. The van der Waals surface area contributed by atoms with Gasteiger partial charge in [-0.3, -0.25) is 4.72 Å². The highest BCUT2D eigenvalue weighted by atomic mass is 32.2. The molecule has 0 unspecified atom stereocenters. The lowest BCUT2D eigenvalue weighted by Gasteiger charge is -2.09. The molecular formula is C16H14NO8S2-. The third-order valence-corrected chi connectivity index (χ3v) is 6.66. The number of carbonyl (C=O) groups excluding carboxylic acids is 3. The summed E-state index contributed by atoms with van der Waals surface area (Å²) in [6.45, 7) is 1.41. The highest BCUT2D eigenvalue weighted by Crippen LogP contribution is 2.34. The molecule has 144 valence electrons. The third-order valence-electron chi connectivity index (χ3n) is 3.49. The molecule has 9 nitrogen and oxygen atoms in total. The van der Waals surface area contributed by atoms with Crippen LogP contribution in [0.25, 0.3) is 0 Å². The quantitative estimate of drug-likeness (QED) is 0.687. The summed E-state index contributed by atoms with van der Waals surface area (Å²) in [6, 6.07) is 4.77. The lowest BCUT2D eigenvalue weighted by atomic mass is 10.2. The molecule has 0 aliphatic carbocycles. The predicted molar refractivity (Wildman–Crippen MR) is 93.3 cm³/mol. The van der Waals surface area contributed by atoms with Crippen molar-refractivity contribution in [3.63, 3.8) is 0 Å². The van der Waals surface area contributed by atoms with Gasteiger partial charge in [0.2, 0.25) is 0 Å². The molecule has 0 fully saturated rings. The van der Waals surface area contributed by atoms with Crippen molar-refractivity contribution in [1.29, 1.82) is 0 Å². The Morgan fingerprint density at radius 2 is 1.59 bits per heavy atom. The van der Waals surface area contributed by atoms with E-state index in [0.717, 1.165) is 26.4 Å². The van der Waals surface area contributed by atoms with Gasteiger partial charge < -0.3 is 19.4 Å². The second kappa shape index (κ2) is 7.76. The summed E-state index contributed by atoms with van der Waals surface area (Å²) < 4.78 is 36.5. The Balaban J connectivity index is 2.52. The summed E-state index contributed by atoms with van der Waals surface area (Å²) in [6.07, 6.45) is 0. The molecule has 1 heterocycles. The van der Waals surface area contributed by atoms with E-state index in [0.29, 0.717) is 11.3 Å². The number of thiophene rings is 1. The van der Waals surface area contributed by atoms with Crippen molar-refractivity contribution < 1.29 is 37.4 Å². The maximum atomic E-state index is 12.7. The molecule has 0 radical (unpaired) electrons. The minimum atomic E-state index is -4.28. The van der Waals surface area contributed by atoms with Crippen molar-refractivity contribution in [1.82, 2.24) is 0 Å². The Kier molecular flexibility index (Phi) is 5.86. The van der Waals surface area contributed by atoms with E-state index < -0.39 is 32.1 Å². The van der Waals surface area contributed by atoms with E-state index in [2.05, 4.69) is 14.2 Å². The maximum absolute atomic E-state index is 12.7. The first-order chi connectivity index (χ1) is 12.6. The molecule has 0 aliphatic rings. The van der Waals surface area contributed by atoms with Gasteiger partial charge in [0, 0.05) is 5.69 Å². The molecule has 1 N–H and O–H groups in total. The van der Waals surface area contributed by atoms with E-state index in [1.54, 1.807) is 0 Å². The minimum absolute atomic E-state index is 0.0504. The van der Waals surface area contributed by atoms with Crippen LogP contribution in [-0.2, 0) is 19.5 Å². The molecule has 2 aromatic rings. The Bertz CT molecular complexity index is 1010. The number of carbonyl (C=O) groups is 3. The molecule has 0 saturated heterocycles. The topological polar surface area (TPSA) is 139 Å². The molecule has 0 aliphatic heterocycles. The number of carboxylic acid groups (broad SMARTS) is 1. The number of benzene rings is 1. The monoisotopic (exact) mass is 412 g/mol. The highest BCUT2D eigenvalue weighted by Gasteiger charge is 2.32. The number of aromatic carboxylic acids is 1. The summed E-state index contributed by atoms with van der Waals surface area (Å²) in [4.78, 5) is 34.6. The molecule has 11 heteroatoms. The molecule has 0 spiro atoms. The maximum Gasteiger partial charge on any atom is 0.348 e. The van der Waals surface area contributed by atoms with Crippen LogP contribution in [0.2, 0.25) is 0 Å². The van der Waals surface area contributed by atoms with Gasteiger partial charge in [0.1, 0.15) is 4.88 Å². The molecule has 27 heavy (non-hydrogen) atoms. The minimum Gasteiger partial charge on any atom is -0.545 e. The van der Waals surface area contributed by atoms with Crippen LogP contribution in [0.4, 0.5) is 5.69 Å². The van der Waals surface area contributed by atoms with Crippen LogP contribution in [0, 0.1) is 6.92 Å². The number of methoxy groups -OCH3 is 2. The van der Waals surface area contributed by atoms with Crippen molar-refractivity contribution in [2.45, 2.75) is 11.1 Å². The molecule has 0 bridgehead atoms. The summed E-state index contributed by atoms with van der Waals surface area (Å²) in [5, 5.41) is 10.8. The van der Waals surface area contributed by atoms with Gasteiger partial charge in [-0.25, -0.2) is 18.0 Å². The Morgan fingerprint density at radius 3 is 2.07 bits per heavy atom. The summed E-state index contributed by atoms with van der Waals surface area (Å²) in [5.74, 6) is -3.12. The van der Waals surface area contributed by atoms with Crippen LogP contribution in [0.3, 0.4) is 0 Å². The highest BCUT2D eigenvalue weighted by molar-refractivity contribution is 7.94. The van der Waals surface area contributed by atoms with Gasteiger partial charge in [-0.15, -0.1) is 11.3 Å². The third kappa shape index (κ3) is 4.09. The lowest BCUT2D eigenvalue weighted by molar-refractivity contribution is -0.255. The van der Waals surface area contributed by atoms with Gasteiger partial charge in [0.05, 0.1) is 25.8 Å². The normalized spacial score (nSPS) is 10.9. The standard InChI is InChI=1S/C16H15NO8S2/c1-8-11(14(20)24-2)16(26-12(8)15(21)25-3)27(22,23)17-10-6-4-9(5-7-10)13(18)19/h4-7,17H,1-3H3,(H,18,19)/p-1. The van der Waals surface area contributed by atoms with Crippen LogP contribution < -0.4 is 9.83 Å². The fourth-order valence-corrected chi connectivity index (χ4v) is 4.98. The summed E-state index contributed by atoms with van der Waals surface area (Å²) >= 11 is 0.567. The molecule has 2 rings (SSSR count). The van der Waals surface area contributed by atoms with Crippen LogP contribution in [0.1, 0.15) is 36.0 Å². The number of hydrogen-bond acceptors (Lipinski definition) is 9. The number of carboxylic acids is 1. The molecule has 1 aromatic carbocycles. The molecular weight excluding hydrogens is 398 g/mol. The smallest absolute Gasteiger partial charge is 0.348 e.